The summed E-state index contributed by atoms with van der Waals surface area (Å²) in [6.07, 6.45) is 1.53. The molecular weight excluding hydrogens is 184 g/mol. The summed E-state index contributed by atoms with van der Waals surface area (Å²) in [6, 6.07) is 0. The van der Waals surface area contributed by atoms with Crippen LogP contribution in [0.15, 0.2) is 0 Å². The molecule has 0 aromatic carbocycles. The third kappa shape index (κ3) is 9.28. The van der Waals surface area contributed by atoms with Crippen molar-refractivity contribution in [2.75, 3.05) is 40.4 Å². The predicted octanol–water partition coefficient (Wildman–Crippen LogP) is 0.0467. The maximum absolute atomic E-state index is 10.8. The minimum absolute atomic E-state index is 0.0591. The Bertz CT molecular complexity index is 151. The van der Waals surface area contributed by atoms with E-state index in [1.165, 1.54) is 0 Å². The van der Waals surface area contributed by atoms with Crippen molar-refractivity contribution in [3.63, 3.8) is 0 Å². The summed E-state index contributed by atoms with van der Waals surface area (Å²) in [5.41, 5.74) is 0. The van der Waals surface area contributed by atoms with Crippen molar-refractivity contribution >= 4 is 6.09 Å². The van der Waals surface area contributed by atoms with E-state index in [9.17, 15) is 4.79 Å². The van der Waals surface area contributed by atoms with E-state index in [1.54, 1.807) is 0 Å². The molecule has 0 spiro atoms. The lowest BCUT2D eigenvalue weighted by Gasteiger charge is -2.09. The number of aliphatic hydroxyl groups is 1. The molecule has 0 saturated heterocycles. The van der Waals surface area contributed by atoms with Crippen LogP contribution in [-0.4, -0.2) is 56.5 Å². The summed E-state index contributed by atoms with van der Waals surface area (Å²) in [5.74, 6) is 0. The largest absolute Gasteiger partial charge is 0.447 e. The minimum atomic E-state index is -0.455. The molecule has 2 N–H and O–H groups in total. The standard InChI is InChI=1S/C9H20N2O3/c1-11(2)6-4-3-5-10-9(13)14-8-7-12/h12H,3-8H2,1-2H3,(H,10,13). The molecule has 14 heavy (non-hydrogen) atoms. The van der Waals surface area contributed by atoms with Gasteiger partial charge in [-0.05, 0) is 33.5 Å². The second-order valence-electron chi connectivity index (χ2n) is 3.30. The highest BCUT2D eigenvalue weighted by Crippen LogP contribution is 1.89. The number of hydrogen-bond donors (Lipinski definition) is 2. The van der Waals surface area contributed by atoms with E-state index in [1.807, 2.05) is 14.1 Å². The van der Waals surface area contributed by atoms with Gasteiger partial charge in [0.2, 0.25) is 0 Å². The fourth-order valence-corrected chi connectivity index (χ4v) is 0.933. The van der Waals surface area contributed by atoms with E-state index < -0.39 is 6.09 Å². The van der Waals surface area contributed by atoms with Gasteiger partial charge < -0.3 is 20.1 Å². The fourth-order valence-electron chi connectivity index (χ4n) is 0.933. The van der Waals surface area contributed by atoms with Crippen molar-refractivity contribution in [3.8, 4) is 0 Å². The fraction of sp³-hybridized carbons (Fsp3) is 0.889. The van der Waals surface area contributed by atoms with Crippen molar-refractivity contribution < 1.29 is 14.6 Å². The second kappa shape index (κ2) is 8.77. The summed E-state index contributed by atoms with van der Waals surface area (Å²) < 4.78 is 4.61. The molecule has 0 aliphatic heterocycles. The molecular formula is C9H20N2O3. The Hall–Kier alpha value is -0.810. The lowest BCUT2D eigenvalue weighted by atomic mass is 10.3. The first-order valence-corrected chi connectivity index (χ1v) is 4.83. The van der Waals surface area contributed by atoms with E-state index in [0.717, 1.165) is 19.4 Å². The Morgan fingerprint density at radius 2 is 2.14 bits per heavy atom. The summed E-state index contributed by atoms with van der Waals surface area (Å²) >= 11 is 0. The highest BCUT2D eigenvalue weighted by atomic mass is 16.6. The van der Waals surface area contributed by atoms with Gasteiger partial charge in [-0.3, -0.25) is 0 Å². The van der Waals surface area contributed by atoms with Crippen LogP contribution in [0.4, 0.5) is 4.79 Å². The van der Waals surface area contributed by atoms with Crippen LogP contribution in [0.5, 0.6) is 0 Å². The van der Waals surface area contributed by atoms with Gasteiger partial charge in [0, 0.05) is 6.54 Å². The summed E-state index contributed by atoms with van der Waals surface area (Å²) in [5, 5.41) is 11.0. The van der Waals surface area contributed by atoms with Crippen LogP contribution in [0, 0.1) is 0 Å². The highest BCUT2D eigenvalue weighted by molar-refractivity contribution is 5.66. The molecule has 0 fully saturated rings. The minimum Gasteiger partial charge on any atom is -0.447 e. The van der Waals surface area contributed by atoms with Gasteiger partial charge in [0.25, 0.3) is 0 Å². The monoisotopic (exact) mass is 204 g/mol. The van der Waals surface area contributed by atoms with Gasteiger partial charge in [-0.1, -0.05) is 0 Å². The third-order valence-corrected chi connectivity index (χ3v) is 1.63. The number of rotatable bonds is 7. The van der Waals surface area contributed by atoms with Gasteiger partial charge in [0.15, 0.2) is 0 Å². The van der Waals surface area contributed by atoms with E-state index >= 15 is 0 Å². The molecule has 0 rings (SSSR count). The Labute approximate surface area is 85.0 Å². The Morgan fingerprint density at radius 3 is 2.71 bits per heavy atom. The van der Waals surface area contributed by atoms with Crippen molar-refractivity contribution in [1.29, 1.82) is 0 Å². The zero-order valence-electron chi connectivity index (χ0n) is 8.95. The van der Waals surface area contributed by atoms with Crippen molar-refractivity contribution in [2.45, 2.75) is 12.8 Å². The molecule has 5 heteroatoms. The highest BCUT2D eigenvalue weighted by Gasteiger charge is 1.99. The lowest BCUT2D eigenvalue weighted by molar-refractivity contribution is 0.119. The van der Waals surface area contributed by atoms with E-state index in [-0.39, 0.29) is 13.2 Å². The molecule has 0 radical (unpaired) electrons. The number of aliphatic hydroxyl groups excluding tert-OH is 1. The topological polar surface area (TPSA) is 61.8 Å². The van der Waals surface area contributed by atoms with Crippen LogP contribution in [0.25, 0.3) is 0 Å². The number of alkyl carbamates (subject to hydrolysis) is 1. The van der Waals surface area contributed by atoms with Gasteiger partial charge in [0.05, 0.1) is 6.61 Å². The molecule has 84 valence electrons. The average molecular weight is 204 g/mol. The zero-order chi connectivity index (χ0) is 10.8. The summed E-state index contributed by atoms with van der Waals surface area (Å²) in [7, 11) is 4.03. The molecule has 1 amide bonds. The number of ether oxygens (including phenoxy) is 1. The van der Waals surface area contributed by atoms with Crippen molar-refractivity contribution in [2.24, 2.45) is 0 Å². The maximum atomic E-state index is 10.8. The normalized spacial score (nSPS) is 10.3. The number of amides is 1. The second-order valence-corrected chi connectivity index (χ2v) is 3.30. The quantitative estimate of drug-likeness (QED) is 0.575. The molecule has 0 heterocycles. The van der Waals surface area contributed by atoms with Crippen LogP contribution in [0.3, 0.4) is 0 Å². The smallest absolute Gasteiger partial charge is 0.407 e. The number of hydrogen-bond acceptors (Lipinski definition) is 4. The zero-order valence-corrected chi connectivity index (χ0v) is 8.95. The van der Waals surface area contributed by atoms with E-state index in [2.05, 4.69) is 15.0 Å². The first kappa shape index (κ1) is 13.2. The van der Waals surface area contributed by atoms with Crippen LogP contribution in [-0.2, 0) is 4.74 Å². The third-order valence-electron chi connectivity index (χ3n) is 1.63. The van der Waals surface area contributed by atoms with Gasteiger partial charge in [0.1, 0.15) is 6.61 Å². The molecule has 0 aromatic rings. The molecule has 0 atom stereocenters. The number of carbonyl (C=O) groups excluding carboxylic acids is 1. The maximum Gasteiger partial charge on any atom is 0.407 e. The molecule has 0 bridgehead atoms. The van der Waals surface area contributed by atoms with Crippen LogP contribution in [0.1, 0.15) is 12.8 Å². The van der Waals surface area contributed by atoms with Gasteiger partial charge >= 0.3 is 6.09 Å². The Kier molecular flexibility index (Phi) is 8.27. The molecule has 0 aliphatic carbocycles. The number of unbranched alkanes of at least 4 members (excludes halogenated alkanes) is 1. The van der Waals surface area contributed by atoms with Crippen molar-refractivity contribution in [1.82, 2.24) is 10.2 Å². The van der Waals surface area contributed by atoms with Crippen molar-refractivity contribution in [3.05, 3.63) is 0 Å². The average Bonchev–Trinajstić information content (AvgIpc) is 2.13. The van der Waals surface area contributed by atoms with Crippen LogP contribution < -0.4 is 5.32 Å². The molecule has 0 unspecified atom stereocenters. The summed E-state index contributed by atoms with van der Waals surface area (Å²) in [4.78, 5) is 12.9. The first-order chi connectivity index (χ1) is 6.66. The van der Waals surface area contributed by atoms with Gasteiger partial charge in [-0.15, -0.1) is 0 Å². The number of nitrogens with one attached hydrogen (secondary N) is 1. The summed E-state index contributed by atoms with van der Waals surface area (Å²) in [6.45, 7) is 1.57. The SMILES string of the molecule is CN(C)CCCCNC(=O)OCCO. The van der Waals surface area contributed by atoms with Gasteiger partial charge in [-0.25, -0.2) is 4.79 Å². The van der Waals surface area contributed by atoms with Crippen LogP contribution in [0.2, 0.25) is 0 Å². The molecule has 0 aromatic heterocycles. The number of nitrogens with zero attached hydrogens (tertiary/aromatic N) is 1. The molecule has 0 saturated carbocycles. The molecule has 5 nitrogen and oxygen atoms in total. The Morgan fingerprint density at radius 1 is 1.43 bits per heavy atom. The Balaban J connectivity index is 3.15. The number of carbonyl (C=O) groups is 1. The van der Waals surface area contributed by atoms with Gasteiger partial charge in [-0.2, -0.15) is 0 Å². The lowest BCUT2D eigenvalue weighted by Crippen LogP contribution is -2.26. The van der Waals surface area contributed by atoms with E-state index in [0.29, 0.717) is 6.54 Å². The van der Waals surface area contributed by atoms with E-state index in [4.69, 9.17) is 5.11 Å². The molecule has 0 aliphatic rings. The predicted molar refractivity (Wildman–Crippen MR) is 54.2 cm³/mol. The first-order valence-electron chi connectivity index (χ1n) is 4.83. The van der Waals surface area contributed by atoms with Crippen LogP contribution >= 0.6 is 0 Å².